The molecule has 0 amide bonds. The lowest BCUT2D eigenvalue weighted by atomic mass is 9.70. The van der Waals surface area contributed by atoms with E-state index < -0.39 is 5.54 Å². The van der Waals surface area contributed by atoms with Gasteiger partial charge >= 0.3 is 0 Å². The Morgan fingerprint density at radius 1 is 0.818 bits per heavy atom. The van der Waals surface area contributed by atoms with Gasteiger partial charge in [0.05, 0.1) is 5.54 Å². The van der Waals surface area contributed by atoms with E-state index in [1.807, 2.05) is 0 Å². The van der Waals surface area contributed by atoms with E-state index in [2.05, 4.69) is 5.32 Å². The Kier molecular flexibility index (Phi) is 4.23. The zero-order valence-corrected chi connectivity index (χ0v) is 12.4. The highest BCUT2D eigenvalue weighted by molar-refractivity contribution is 5.39. The summed E-state index contributed by atoms with van der Waals surface area (Å²) in [4.78, 5) is 0. The molecule has 0 radical (unpaired) electrons. The van der Waals surface area contributed by atoms with Crippen molar-refractivity contribution in [3.05, 3.63) is 71.3 Å². The van der Waals surface area contributed by atoms with Gasteiger partial charge in [0, 0.05) is 0 Å². The molecular formula is C18H20F2N2. The maximum absolute atomic E-state index is 13.3. The van der Waals surface area contributed by atoms with Crippen molar-refractivity contribution in [1.29, 1.82) is 0 Å². The average molecular weight is 302 g/mol. The fourth-order valence-corrected chi connectivity index (χ4v) is 3.37. The summed E-state index contributed by atoms with van der Waals surface area (Å²) in [6.07, 6.45) is 1.87. The summed E-state index contributed by atoms with van der Waals surface area (Å²) >= 11 is 0. The third-order valence-electron chi connectivity index (χ3n) is 4.63. The van der Waals surface area contributed by atoms with E-state index in [0.29, 0.717) is 0 Å². The molecule has 1 heterocycles. The van der Waals surface area contributed by atoms with Crippen LogP contribution in [0.1, 0.15) is 24.0 Å². The molecular weight excluding hydrogens is 282 g/mol. The predicted molar refractivity (Wildman–Crippen MR) is 83.4 cm³/mol. The van der Waals surface area contributed by atoms with Crippen molar-refractivity contribution in [2.75, 3.05) is 13.1 Å². The number of hydrogen-bond acceptors (Lipinski definition) is 2. The molecule has 0 saturated carbocycles. The van der Waals surface area contributed by atoms with Gasteiger partial charge in [0.2, 0.25) is 0 Å². The van der Waals surface area contributed by atoms with Crippen LogP contribution < -0.4 is 11.1 Å². The standard InChI is InChI=1S/C18H20F2N2/c19-16-5-1-13(2-6-16)18(21,15-9-11-22-12-10-15)14-3-7-17(20)8-4-14/h1-8,15,22H,9-12,21H2. The lowest BCUT2D eigenvalue weighted by molar-refractivity contribution is 0.254. The minimum Gasteiger partial charge on any atom is -0.317 e. The number of rotatable bonds is 3. The Morgan fingerprint density at radius 3 is 1.64 bits per heavy atom. The molecule has 0 bridgehead atoms. The first-order valence-corrected chi connectivity index (χ1v) is 7.62. The molecule has 2 aromatic carbocycles. The minimum absolute atomic E-state index is 0.227. The number of halogens is 2. The van der Waals surface area contributed by atoms with Gasteiger partial charge < -0.3 is 11.1 Å². The molecule has 0 unspecified atom stereocenters. The quantitative estimate of drug-likeness (QED) is 0.914. The summed E-state index contributed by atoms with van der Waals surface area (Å²) in [6, 6.07) is 12.7. The highest BCUT2D eigenvalue weighted by atomic mass is 19.1. The van der Waals surface area contributed by atoms with Gasteiger partial charge in [0.25, 0.3) is 0 Å². The second-order valence-electron chi connectivity index (χ2n) is 5.91. The molecule has 1 saturated heterocycles. The van der Waals surface area contributed by atoms with Crippen molar-refractivity contribution in [2.45, 2.75) is 18.4 Å². The molecule has 3 N–H and O–H groups in total. The van der Waals surface area contributed by atoms with Crippen LogP contribution in [0.15, 0.2) is 48.5 Å². The van der Waals surface area contributed by atoms with Gasteiger partial charge in [-0.3, -0.25) is 0 Å². The van der Waals surface area contributed by atoms with E-state index in [-0.39, 0.29) is 17.6 Å². The molecule has 1 aliphatic heterocycles. The molecule has 2 nitrogen and oxygen atoms in total. The highest BCUT2D eigenvalue weighted by Crippen LogP contribution is 2.39. The Bertz CT molecular complexity index is 571. The first kappa shape index (κ1) is 15.1. The summed E-state index contributed by atoms with van der Waals surface area (Å²) in [5, 5.41) is 3.33. The lowest BCUT2D eigenvalue weighted by Gasteiger charge is -2.41. The van der Waals surface area contributed by atoms with Crippen molar-refractivity contribution >= 4 is 0 Å². The highest BCUT2D eigenvalue weighted by Gasteiger charge is 2.38. The summed E-state index contributed by atoms with van der Waals surface area (Å²) in [6.45, 7) is 1.82. The van der Waals surface area contributed by atoms with Crippen LogP contribution in [0.2, 0.25) is 0 Å². The molecule has 22 heavy (non-hydrogen) atoms. The Balaban J connectivity index is 2.08. The number of benzene rings is 2. The number of nitrogens with two attached hydrogens (primary N) is 1. The fraction of sp³-hybridized carbons (Fsp3) is 0.333. The lowest BCUT2D eigenvalue weighted by Crippen LogP contribution is -2.49. The van der Waals surface area contributed by atoms with Gasteiger partial charge in [-0.1, -0.05) is 24.3 Å². The van der Waals surface area contributed by atoms with Gasteiger partial charge in [0.1, 0.15) is 11.6 Å². The third kappa shape index (κ3) is 2.76. The first-order valence-electron chi connectivity index (χ1n) is 7.62. The van der Waals surface area contributed by atoms with Gasteiger partial charge in [0.15, 0.2) is 0 Å². The van der Waals surface area contributed by atoms with Crippen LogP contribution in [0.5, 0.6) is 0 Å². The molecule has 1 fully saturated rings. The Labute approximate surface area is 129 Å². The monoisotopic (exact) mass is 302 g/mol. The van der Waals surface area contributed by atoms with E-state index in [0.717, 1.165) is 37.1 Å². The van der Waals surface area contributed by atoms with E-state index in [1.165, 1.54) is 24.3 Å². The summed E-state index contributed by atoms with van der Waals surface area (Å²) in [5.74, 6) is -0.337. The maximum Gasteiger partial charge on any atom is 0.123 e. The zero-order chi connectivity index (χ0) is 15.6. The normalized spacial score (nSPS) is 16.7. The van der Waals surface area contributed by atoms with E-state index in [1.54, 1.807) is 24.3 Å². The van der Waals surface area contributed by atoms with E-state index in [9.17, 15) is 8.78 Å². The summed E-state index contributed by atoms with van der Waals surface area (Å²) in [5.41, 5.74) is 7.85. The Morgan fingerprint density at radius 2 is 1.23 bits per heavy atom. The minimum atomic E-state index is -0.733. The van der Waals surface area contributed by atoms with Crippen molar-refractivity contribution in [3.8, 4) is 0 Å². The van der Waals surface area contributed by atoms with Crippen LogP contribution in [0.3, 0.4) is 0 Å². The van der Waals surface area contributed by atoms with Crippen molar-refractivity contribution in [3.63, 3.8) is 0 Å². The SMILES string of the molecule is NC(c1ccc(F)cc1)(c1ccc(F)cc1)C1CCNCC1. The number of piperidine rings is 1. The van der Waals surface area contributed by atoms with E-state index >= 15 is 0 Å². The number of nitrogens with one attached hydrogen (secondary N) is 1. The zero-order valence-electron chi connectivity index (χ0n) is 12.4. The van der Waals surface area contributed by atoms with Crippen LogP contribution in [0.25, 0.3) is 0 Å². The van der Waals surface area contributed by atoms with Gasteiger partial charge in [-0.05, 0) is 67.2 Å². The second kappa shape index (κ2) is 6.15. The van der Waals surface area contributed by atoms with Crippen molar-refractivity contribution < 1.29 is 8.78 Å². The Hall–Kier alpha value is -1.78. The largest absolute Gasteiger partial charge is 0.317 e. The maximum atomic E-state index is 13.3. The fourth-order valence-electron chi connectivity index (χ4n) is 3.37. The molecule has 2 aromatic rings. The second-order valence-corrected chi connectivity index (χ2v) is 5.91. The smallest absolute Gasteiger partial charge is 0.123 e. The topological polar surface area (TPSA) is 38.0 Å². The van der Waals surface area contributed by atoms with Crippen LogP contribution in [-0.2, 0) is 5.54 Å². The van der Waals surface area contributed by atoms with Crippen LogP contribution in [0, 0.1) is 17.6 Å². The molecule has 3 rings (SSSR count). The van der Waals surface area contributed by atoms with Gasteiger partial charge in [-0.15, -0.1) is 0 Å². The van der Waals surface area contributed by atoms with Crippen molar-refractivity contribution in [1.82, 2.24) is 5.32 Å². The third-order valence-corrected chi connectivity index (χ3v) is 4.63. The summed E-state index contributed by atoms with van der Waals surface area (Å²) in [7, 11) is 0. The van der Waals surface area contributed by atoms with Gasteiger partial charge in [-0.25, -0.2) is 8.78 Å². The van der Waals surface area contributed by atoms with Crippen LogP contribution in [-0.4, -0.2) is 13.1 Å². The molecule has 4 heteroatoms. The predicted octanol–water partition coefficient (Wildman–Crippen LogP) is 3.17. The summed E-state index contributed by atoms with van der Waals surface area (Å²) < 4.78 is 26.5. The molecule has 1 aliphatic rings. The first-order chi connectivity index (χ1) is 10.6. The average Bonchev–Trinajstić information content (AvgIpc) is 2.56. The molecule has 0 aromatic heterocycles. The van der Waals surface area contributed by atoms with E-state index in [4.69, 9.17) is 5.73 Å². The molecule has 116 valence electrons. The molecule has 0 aliphatic carbocycles. The van der Waals surface area contributed by atoms with Crippen LogP contribution in [0.4, 0.5) is 8.78 Å². The van der Waals surface area contributed by atoms with Gasteiger partial charge in [-0.2, -0.15) is 0 Å². The van der Waals surface area contributed by atoms with Crippen molar-refractivity contribution in [2.24, 2.45) is 11.7 Å². The molecule has 0 spiro atoms. The number of hydrogen-bond donors (Lipinski definition) is 2. The molecule has 0 atom stereocenters. The van der Waals surface area contributed by atoms with Crippen LogP contribution >= 0.6 is 0 Å².